The average Bonchev–Trinajstić information content (AvgIpc) is 3.20. The van der Waals surface area contributed by atoms with Crippen molar-refractivity contribution >= 4 is 18.2 Å². The van der Waals surface area contributed by atoms with Crippen molar-refractivity contribution in [3.05, 3.63) is 0 Å². The Morgan fingerprint density at radius 2 is 1.82 bits per heavy atom. The van der Waals surface area contributed by atoms with E-state index in [1.165, 1.54) is 0 Å². The van der Waals surface area contributed by atoms with Gasteiger partial charge in [0, 0.05) is 0 Å². The molecule has 2 bridgehead atoms. The van der Waals surface area contributed by atoms with Crippen molar-refractivity contribution in [2.75, 3.05) is 13.2 Å². The van der Waals surface area contributed by atoms with Gasteiger partial charge < -0.3 is 44.1 Å². The fourth-order valence-corrected chi connectivity index (χ4v) is 5.30. The number of esters is 1. The highest BCUT2D eigenvalue weighted by Gasteiger charge is 2.82. The van der Waals surface area contributed by atoms with Gasteiger partial charge in [-0.15, -0.1) is 0 Å². The molecule has 0 aromatic carbocycles. The molecule has 3 aliphatic heterocycles. The van der Waals surface area contributed by atoms with Gasteiger partial charge in [0.25, 0.3) is 0 Å². The summed E-state index contributed by atoms with van der Waals surface area (Å²) in [5.74, 6) is -3.78. The first-order chi connectivity index (χ1) is 15.1. The molecule has 0 aromatic rings. The third-order valence-corrected chi connectivity index (χ3v) is 6.57. The summed E-state index contributed by atoms with van der Waals surface area (Å²) in [4.78, 5) is 39.3. The minimum Gasteiger partial charge on any atom is -0.457 e. The van der Waals surface area contributed by atoms with E-state index in [-0.39, 0.29) is 6.61 Å². The largest absolute Gasteiger partial charge is 0.457 e. The van der Waals surface area contributed by atoms with Crippen molar-refractivity contribution in [1.82, 2.24) is 4.90 Å². The van der Waals surface area contributed by atoms with Gasteiger partial charge in [0.2, 0.25) is 0 Å². The normalized spacial score (nSPS) is 44.2. The molecule has 4 fully saturated rings. The van der Waals surface area contributed by atoms with E-state index in [2.05, 4.69) is 0 Å². The van der Waals surface area contributed by atoms with Crippen LogP contribution in [0, 0.1) is 5.92 Å². The Labute approximate surface area is 189 Å². The van der Waals surface area contributed by atoms with Crippen LogP contribution in [0.5, 0.6) is 0 Å². The van der Waals surface area contributed by atoms with Crippen LogP contribution in [0.3, 0.4) is 0 Å². The molecule has 1 aliphatic carbocycles. The molecule has 8 atom stereocenters. The fourth-order valence-electron chi connectivity index (χ4n) is 5.30. The third kappa shape index (κ3) is 3.25. The molecule has 13 heteroatoms. The predicted octanol–water partition coefficient (Wildman–Crippen LogP) is -1.37. The molecule has 4 rings (SSSR count). The van der Waals surface area contributed by atoms with Crippen LogP contribution in [0.1, 0.15) is 34.6 Å². The van der Waals surface area contributed by atoms with E-state index < -0.39 is 83.7 Å². The average molecular weight is 475 g/mol. The number of fused-ring (bicyclic) bond motifs is 1. The molecular formula is C20H29NO12. The van der Waals surface area contributed by atoms with E-state index in [1.807, 2.05) is 0 Å². The monoisotopic (exact) mass is 475 g/mol. The Morgan fingerprint density at radius 3 is 2.33 bits per heavy atom. The first kappa shape index (κ1) is 24.1. The molecular weight excluding hydrogens is 446 g/mol. The maximum Gasteiger partial charge on any atom is 0.420 e. The Balaban J connectivity index is 1.94. The zero-order valence-electron chi connectivity index (χ0n) is 18.9. The van der Waals surface area contributed by atoms with Crippen LogP contribution >= 0.6 is 0 Å². The second kappa shape index (κ2) is 7.23. The number of rotatable bonds is 2. The number of ether oxygens (including phenoxy) is 5. The predicted molar refractivity (Wildman–Crippen MR) is 103 cm³/mol. The molecule has 5 unspecified atom stereocenters. The molecule has 1 saturated carbocycles. The van der Waals surface area contributed by atoms with Crippen LogP contribution in [0.2, 0.25) is 0 Å². The third-order valence-electron chi connectivity index (χ3n) is 6.57. The van der Waals surface area contributed by atoms with E-state index in [1.54, 1.807) is 34.6 Å². The Bertz CT molecular complexity index is 870. The van der Waals surface area contributed by atoms with Gasteiger partial charge in [-0.05, 0) is 34.6 Å². The lowest BCUT2D eigenvalue weighted by atomic mass is 9.56. The summed E-state index contributed by atoms with van der Waals surface area (Å²) in [6.07, 6.45) is -11.4. The summed E-state index contributed by atoms with van der Waals surface area (Å²) in [5.41, 5.74) is -5.86. The van der Waals surface area contributed by atoms with Crippen LogP contribution < -0.4 is 0 Å². The first-order valence-corrected chi connectivity index (χ1v) is 10.6. The number of hydrogen-bond donors (Lipinski definition) is 4. The lowest BCUT2D eigenvalue weighted by Gasteiger charge is -2.60. The fraction of sp³-hybridized carbons (Fsp3) is 0.850. The zero-order valence-corrected chi connectivity index (χ0v) is 18.9. The zero-order chi connectivity index (χ0) is 24.7. The molecule has 1 spiro atoms. The summed E-state index contributed by atoms with van der Waals surface area (Å²) in [7, 11) is 0. The van der Waals surface area contributed by atoms with Crippen molar-refractivity contribution in [3.63, 3.8) is 0 Å². The van der Waals surface area contributed by atoms with Crippen LogP contribution in [-0.4, -0.2) is 110 Å². The smallest absolute Gasteiger partial charge is 0.420 e. The molecule has 0 radical (unpaired) electrons. The summed E-state index contributed by atoms with van der Waals surface area (Å²) >= 11 is 0. The number of amides is 2. The number of aliphatic hydroxyl groups is 4. The molecule has 33 heavy (non-hydrogen) atoms. The highest BCUT2D eigenvalue weighted by molar-refractivity contribution is 5.94. The highest BCUT2D eigenvalue weighted by atomic mass is 16.7. The van der Waals surface area contributed by atoms with E-state index in [0.29, 0.717) is 4.90 Å². The minimum absolute atomic E-state index is 0.138. The maximum absolute atomic E-state index is 13.2. The second-order valence-corrected chi connectivity index (χ2v) is 10.3. The number of carbonyl (C=O) groups excluding carboxylic acids is 3. The van der Waals surface area contributed by atoms with Gasteiger partial charge in [-0.3, -0.25) is 0 Å². The maximum atomic E-state index is 13.2. The Morgan fingerprint density at radius 1 is 1.18 bits per heavy atom. The summed E-state index contributed by atoms with van der Waals surface area (Å²) < 4.78 is 27.4. The molecule has 13 nitrogen and oxygen atoms in total. The lowest BCUT2D eigenvalue weighted by molar-refractivity contribution is -0.308. The minimum atomic E-state index is -2.51. The Hall–Kier alpha value is -2.03. The van der Waals surface area contributed by atoms with Crippen molar-refractivity contribution in [1.29, 1.82) is 0 Å². The van der Waals surface area contributed by atoms with Gasteiger partial charge in [-0.25, -0.2) is 14.4 Å². The molecule has 3 heterocycles. The van der Waals surface area contributed by atoms with Crippen molar-refractivity contribution in [2.45, 2.75) is 87.7 Å². The first-order valence-electron chi connectivity index (χ1n) is 10.6. The molecule has 4 aliphatic rings. The quantitative estimate of drug-likeness (QED) is 0.272. The summed E-state index contributed by atoms with van der Waals surface area (Å²) in [6.45, 7) is 6.60. The second-order valence-electron chi connectivity index (χ2n) is 10.3. The van der Waals surface area contributed by atoms with Crippen LogP contribution in [-0.2, 0) is 28.5 Å². The summed E-state index contributed by atoms with van der Waals surface area (Å²) in [6, 6.07) is 0. The SMILES string of the molecule is CC(C)(C)OC(=O)N1C(=O)OC2C(O)[C@](O)(CO)C3OC(=O)[C@@H](O)[C@@]21C3C1COC(C)(C)O1. The van der Waals surface area contributed by atoms with E-state index in [4.69, 9.17) is 23.7 Å². The number of aliphatic hydroxyl groups excluding tert-OH is 3. The number of nitrogens with zero attached hydrogens (tertiary/aromatic N) is 1. The summed E-state index contributed by atoms with van der Waals surface area (Å²) in [5, 5.41) is 43.2. The van der Waals surface area contributed by atoms with Crippen molar-refractivity contribution < 1.29 is 58.5 Å². The standard InChI is InChI=1S/C20H29NO12/c1-17(2,3)33-16(27)21-15(26)31-13-10(23)19(28,7-22)12-9(8-6-29-18(4,5)32-8)20(13,21)11(24)14(25)30-12/h8-13,22-24,28H,6-7H2,1-5H3/t8?,9?,10?,11-,12?,13?,19-,20+/m1/s1. The van der Waals surface area contributed by atoms with E-state index in [0.717, 1.165) is 0 Å². The van der Waals surface area contributed by atoms with E-state index >= 15 is 0 Å². The van der Waals surface area contributed by atoms with Gasteiger partial charge in [-0.1, -0.05) is 0 Å². The van der Waals surface area contributed by atoms with Gasteiger partial charge in [0.15, 0.2) is 23.6 Å². The Kier molecular flexibility index (Phi) is 5.28. The number of carbonyl (C=O) groups is 3. The van der Waals surface area contributed by atoms with Gasteiger partial charge in [0.1, 0.15) is 23.3 Å². The van der Waals surface area contributed by atoms with Crippen LogP contribution in [0.15, 0.2) is 0 Å². The topological polar surface area (TPSA) is 182 Å². The molecule has 0 aromatic heterocycles. The van der Waals surface area contributed by atoms with Crippen molar-refractivity contribution in [3.8, 4) is 0 Å². The number of hydrogen-bond acceptors (Lipinski definition) is 12. The van der Waals surface area contributed by atoms with E-state index in [9.17, 15) is 34.8 Å². The lowest BCUT2D eigenvalue weighted by Crippen LogP contribution is -2.85. The molecule has 4 N–H and O–H groups in total. The molecule has 186 valence electrons. The van der Waals surface area contributed by atoms with Gasteiger partial charge >= 0.3 is 18.2 Å². The van der Waals surface area contributed by atoms with Crippen LogP contribution in [0.25, 0.3) is 0 Å². The van der Waals surface area contributed by atoms with Gasteiger partial charge in [-0.2, -0.15) is 4.90 Å². The molecule has 3 saturated heterocycles. The van der Waals surface area contributed by atoms with Crippen LogP contribution in [0.4, 0.5) is 9.59 Å². The number of imide groups is 1. The van der Waals surface area contributed by atoms with Gasteiger partial charge in [0.05, 0.1) is 25.2 Å². The highest BCUT2D eigenvalue weighted by Crippen LogP contribution is 2.56. The molecule has 2 amide bonds. The van der Waals surface area contributed by atoms with Crippen molar-refractivity contribution in [2.24, 2.45) is 5.92 Å².